The lowest BCUT2D eigenvalue weighted by molar-refractivity contribution is -0.308. The molecule has 0 fully saturated rings. The summed E-state index contributed by atoms with van der Waals surface area (Å²) in [5, 5.41) is 26.5. The van der Waals surface area contributed by atoms with E-state index in [1.165, 1.54) is 25.1 Å². The van der Waals surface area contributed by atoms with Crippen LogP contribution in [0.15, 0.2) is 76.1 Å². The number of rotatable bonds is 7. The lowest BCUT2D eigenvalue weighted by Crippen LogP contribution is -2.52. The number of hydrogen-bond acceptors (Lipinski definition) is 7. The second-order valence-corrected chi connectivity index (χ2v) is 8.48. The number of carboxylic acid groups (broad SMARTS) is 1. The minimum atomic E-state index is -1.45. The van der Waals surface area contributed by atoms with Crippen LogP contribution in [0.1, 0.15) is 12.5 Å². The molecule has 0 radical (unpaired) electrons. The van der Waals surface area contributed by atoms with Gasteiger partial charge in [0.2, 0.25) is 0 Å². The van der Waals surface area contributed by atoms with E-state index in [9.17, 15) is 24.6 Å². The van der Waals surface area contributed by atoms with Gasteiger partial charge in [0.1, 0.15) is 17.1 Å². The Labute approximate surface area is 203 Å². The smallest absolute Gasteiger partial charge is 0.344 e. The van der Waals surface area contributed by atoms with Crippen LogP contribution in [0.3, 0.4) is 0 Å². The van der Waals surface area contributed by atoms with E-state index in [2.05, 4.69) is 10.3 Å². The van der Waals surface area contributed by atoms with Crippen molar-refractivity contribution >= 4 is 44.5 Å². The third kappa shape index (κ3) is 4.34. The maximum atomic E-state index is 12.8. The van der Waals surface area contributed by atoms with Crippen molar-refractivity contribution in [3.05, 3.63) is 82.8 Å². The fourth-order valence-electron chi connectivity index (χ4n) is 4.23. The van der Waals surface area contributed by atoms with Crippen LogP contribution in [0, 0.1) is 0 Å². The summed E-state index contributed by atoms with van der Waals surface area (Å²) in [6.07, 6.45) is 0.514. The van der Waals surface area contributed by atoms with Gasteiger partial charge in [0.25, 0.3) is 5.91 Å². The first-order valence-corrected chi connectivity index (χ1v) is 11.2. The zero-order chi connectivity index (χ0) is 25.4. The summed E-state index contributed by atoms with van der Waals surface area (Å²) in [6, 6.07) is 15.4. The quantitative estimate of drug-likeness (QED) is 0.237. The summed E-state index contributed by atoms with van der Waals surface area (Å²) in [5.41, 5.74) is 1.14. The number of carboxylic acids is 1. The maximum absolute atomic E-state index is 12.8. The number of hydrogen-bond donors (Lipinski definition) is 3. The Bertz CT molecular complexity index is 1680. The van der Waals surface area contributed by atoms with E-state index in [0.717, 1.165) is 16.3 Å². The summed E-state index contributed by atoms with van der Waals surface area (Å²) in [4.78, 5) is 39.8. The summed E-state index contributed by atoms with van der Waals surface area (Å²) >= 11 is 0. The third-order valence-electron chi connectivity index (χ3n) is 6.05. The molecule has 9 nitrogen and oxygen atoms in total. The molecule has 2 heterocycles. The van der Waals surface area contributed by atoms with E-state index in [0.29, 0.717) is 21.9 Å². The molecule has 0 aliphatic heterocycles. The number of ether oxygens (including phenoxy) is 1. The van der Waals surface area contributed by atoms with Gasteiger partial charge in [0.05, 0.1) is 17.4 Å². The largest absolute Gasteiger partial charge is 0.548 e. The van der Waals surface area contributed by atoms with Gasteiger partial charge in [-0.3, -0.25) is 4.79 Å². The number of amides is 1. The summed E-state index contributed by atoms with van der Waals surface area (Å²) in [7, 11) is 0. The van der Waals surface area contributed by atoms with Crippen molar-refractivity contribution in [2.24, 2.45) is 0 Å². The van der Waals surface area contributed by atoms with Gasteiger partial charge in [-0.25, -0.2) is 4.79 Å². The Kier molecular flexibility index (Phi) is 5.81. The van der Waals surface area contributed by atoms with Gasteiger partial charge in [-0.2, -0.15) is 0 Å². The third-order valence-corrected chi connectivity index (χ3v) is 6.05. The van der Waals surface area contributed by atoms with Crippen LogP contribution in [0.2, 0.25) is 0 Å². The molecule has 0 bridgehead atoms. The average molecular weight is 485 g/mol. The average Bonchev–Trinajstić information content (AvgIpc) is 3.25. The van der Waals surface area contributed by atoms with E-state index in [4.69, 9.17) is 9.15 Å². The van der Waals surface area contributed by atoms with E-state index in [1.807, 2.05) is 12.1 Å². The van der Waals surface area contributed by atoms with Crippen LogP contribution in [0.25, 0.3) is 32.6 Å². The summed E-state index contributed by atoms with van der Waals surface area (Å²) in [5.74, 6) is -1.80. The second kappa shape index (κ2) is 9.10. The molecule has 2 aromatic heterocycles. The predicted octanol–water partition coefficient (Wildman–Crippen LogP) is 2.38. The molecule has 0 aliphatic rings. The zero-order valence-corrected chi connectivity index (χ0v) is 19.1. The van der Waals surface area contributed by atoms with Crippen molar-refractivity contribution in [1.29, 1.82) is 0 Å². The van der Waals surface area contributed by atoms with Crippen LogP contribution < -0.4 is 20.8 Å². The number of carbonyl (C=O) groups excluding carboxylic acids is 2. The highest BCUT2D eigenvalue weighted by molar-refractivity contribution is 6.04. The Morgan fingerprint density at radius 2 is 1.83 bits per heavy atom. The molecule has 3 N–H and O–H groups in total. The van der Waals surface area contributed by atoms with Crippen LogP contribution in [0.5, 0.6) is 11.5 Å². The van der Waals surface area contributed by atoms with Crippen molar-refractivity contribution in [2.45, 2.75) is 25.5 Å². The summed E-state index contributed by atoms with van der Waals surface area (Å²) in [6.45, 7) is 1.48. The molecular formula is C27H21N2O7-. The fraction of sp³-hybridized carbons (Fsp3) is 0.148. The number of carbonyl (C=O) groups is 2. The molecule has 5 rings (SSSR count). The molecule has 9 heteroatoms. The van der Waals surface area contributed by atoms with Crippen molar-refractivity contribution < 1.29 is 29.0 Å². The molecule has 2 atom stereocenters. The van der Waals surface area contributed by atoms with Crippen LogP contribution in [-0.2, 0) is 16.0 Å². The number of nitrogens with one attached hydrogen (secondary N) is 2. The van der Waals surface area contributed by atoms with E-state index in [-0.39, 0.29) is 17.9 Å². The Hall–Kier alpha value is -4.79. The van der Waals surface area contributed by atoms with Crippen molar-refractivity contribution in [2.75, 3.05) is 0 Å². The standard InChI is InChI=1S/C27H22N2O7/c1-14(35-17-7-8-19-18-4-2-3-5-20(18)27(34)36-24(19)12-17)25(31)29-23(26(32)33)10-15-13-28-22-9-6-16(30)11-21(15)22/h2-9,11-14,23,28,30H,10H2,1H3,(H,29,31)(H,32,33)/p-1/t14-,23+/m1/s1. The first kappa shape index (κ1) is 23.0. The number of phenolic OH excluding ortho intramolecular Hbond substituents is 1. The van der Waals surface area contributed by atoms with Crippen LogP contribution >= 0.6 is 0 Å². The SMILES string of the molecule is C[C@@H](Oc1ccc2c(c1)oc(=O)c1ccccc12)C(=O)N[C@@H](Cc1c[nH]c2ccc(O)cc12)C(=O)[O-]. The highest BCUT2D eigenvalue weighted by Gasteiger charge is 2.22. The molecule has 0 saturated heterocycles. The Balaban J connectivity index is 1.32. The lowest BCUT2D eigenvalue weighted by atomic mass is 10.0. The van der Waals surface area contributed by atoms with Crippen molar-refractivity contribution in [1.82, 2.24) is 10.3 Å². The van der Waals surface area contributed by atoms with Crippen LogP contribution in [0.4, 0.5) is 0 Å². The molecule has 36 heavy (non-hydrogen) atoms. The normalized spacial score (nSPS) is 13.0. The first-order valence-electron chi connectivity index (χ1n) is 11.2. The van der Waals surface area contributed by atoms with E-state index < -0.39 is 29.6 Å². The molecule has 182 valence electrons. The molecule has 5 aromatic rings. The minimum absolute atomic E-state index is 0.0404. The zero-order valence-electron chi connectivity index (χ0n) is 19.1. The number of H-pyrrole nitrogens is 1. The minimum Gasteiger partial charge on any atom is -0.548 e. The molecule has 1 amide bonds. The highest BCUT2D eigenvalue weighted by Crippen LogP contribution is 2.27. The van der Waals surface area contributed by atoms with E-state index >= 15 is 0 Å². The van der Waals surface area contributed by atoms with E-state index in [1.54, 1.807) is 36.5 Å². The second-order valence-electron chi connectivity index (χ2n) is 8.48. The van der Waals surface area contributed by atoms with Crippen molar-refractivity contribution in [3.8, 4) is 11.5 Å². The molecule has 0 saturated carbocycles. The number of aromatic amines is 1. The highest BCUT2D eigenvalue weighted by atomic mass is 16.5. The molecular weight excluding hydrogens is 464 g/mol. The number of aromatic hydroxyl groups is 1. The molecule has 0 aliphatic carbocycles. The topological polar surface area (TPSA) is 145 Å². The Morgan fingerprint density at radius 3 is 2.61 bits per heavy atom. The van der Waals surface area contributed by atoms with Gasteiger partial charge in [0, 0.05) is 35.0 Å². The first-order chi connectivity index (χ1) is 17.3. The monoisotopic (exact) mass is 485 g/mol. The molecule has 0 unspecified atom stereocenters. The summed E-state index contributed by atoms with van der Waals surface area (Å²) < 4.78 is 11.1. The number of aromatic nitrogens is 1. The fourth-order valence-corrected chi connectivity index (χ4v) is 4.23. The Morgan fingerprint density at radius 1 is 1.06 bits per heavy atom. The predicted molar refractivity (Wildman–Crippen MR) is 131 cm³/mol. The molecule has 3 aromatic carbocycles. The van der Waals surface area contributed by atoms with Gasteiger partial charge < -0.3 is 34.5 Å². The van der Waals surface area contributed by atoms with Gasteiger partial charge in [-0.15, -0.1) is 0 Å². The van der Waals surface area contributed by atoms with Gasteiger partial charge in [-0.05, 0) is 54.3 Å². The number of fused-ring (bicyclic) bond motifs is 4. The van der Waals surface area contributed by atoms with Gasteiger partial charge in [-0.1, -0.05) is 18.2 Å². The van der Waals surface area contributed by atoms with Gasteiger partial charge in [0.15, 0.2) is 6.10 Å². The van der Waals surface area contributed by atoms with Crippen molar-refractivity contribution in [3.63, 3.8) is 0 Å². The van der Waals surface area contributed by atoms with Gasteiger partial charge >= 0.3 is 5.63 Å². The van der Waals surface area contributed by atoms with Crippen LogP contribution in [-0.4, -0.2) is 34.1 Å². The number of phenols is 1. The number of benzene rings is 3. The molecule has 0 spiro atoms. The maximum Gasteiger partial charge on any atom is 0.344 e. The number of aliphatic carboxylic acids is 1. The lowest BCUT2D eigenvalue weighted by Gasteiger charge is -2.22.